The second-order valence-electron chi connectivity index (χ2n) is 5.67. The number of halogens is 6. The smallest absolute Gasteiger partial charge is 0.444 e. The Labute approximate surface area is 186 Å². The van der Waals surface area contributed by atoms with E-state index in [1.54, 1.807) is 27.7 Å². The third-order valence-electron chi connectivity index (χ3n) is 2.57. The number of hydrogen-bond acceptors (Lipinski definition) is 4. The lowest BCUT2D eigenvalue weighted by molar-refractivity contribution is -0.152. The molecular formula is C15H16Cl6N2O4. The van der Waals surface area contributed by atoms with Crippen molar-refractivity contribution in [3.05, 3.63) is 28.8 Å². The molecule has 0 N–H and O–H groups in total. The van der Waals surface area contributed by atoms with Crippen molar-refractivity contribution in [2.24, 2.45) is 0 Å². The fourth-order valence-corrected chi connectivity index (χ4v) is 2.15. The van der Waals surface area contributed by atoms with Gasteiger partial charge in [0.05, 0.1) is 0 Å². The van der Waals surface area contributed by atoms with Gasteiger partial charge in [-0.05, 0) is 39.8 Å². The molecule has 27 heavy (non-hydrogen) atoms. The van der Waals surface area contributed by atoms with Crippen LogP contribution in [0.4, 0.5) is 0 Å². The van der Waals surface area contributed by atoms with E-state index in [-0.39, 0.29) is 0 Å². The zero-order valence-electron chi connectivity index (χ0n) is 14.6. The van der Waals surface area contributed by atoms with Crippen molar-refractivity contribution in [2.75, 3.05) is 0 Å². The van der Waals surface area contributed by atoms with E-state index < -0.39 is 37.4 Å². The minimum Gasteiger partial charge on any atom is -0.444 e. The molecule has 0 aromatic rings. The van der Waals surface area contributed by atoms with Crippen molar-refractivity contribution in [3.8, 4) is 0 Å². The third kappa shape index (κ3) is 10.0. The van der Waals surface area contributed by atoms with E-state index in [4.69, 9.17) is 84.6 Å². The molecule has 12 heteroatoms. The van der Waals surface area contributed by atoms with Crippen LogP contribution in [0, 0.1) is 0 Å². The van der Waals surface area contributed by atoms with E-state index in [0.717, 1.165) is 0 Å². The van der Waals surface area contributed by atoms with Gasteiger partial charge in [0.1, 0.15) is 0 Å². The Morgan fingerprint density at radius 1 is 0.815 bits per heavy atom. The summed E-state index contributed by atoms with van der Waals surface area (Å²) in [5, 5.41) is 0. The molecule has 0 aliphatic carbocycles. The Bertz CT molecular complexity index is 627. The van der Waals surface area contributed by atoms with Crippen LogP contribution in [0.2, 0.25) is 0 Å². The monoisotopic (exact) mass is 498 g/mol. The number of hydrogen-bond donors (Lipinski definition) is 0. The van der Waals surface area contributed by atoms with Crippen molar-refractivity contribution >= 4 is 87.3 Å². The summed E-state index contributed by atoms with van der Waals surface area (Å²) in [4.78, 5) is 26.9. The summed E-state index contributed by atoms with van der Waals surface area (Å²) in [5.41, 5.74) is 9.21. The van der Waals surface area contributed by atoms with Gasteiger partial charge in [0, 0.05) is 0 Å². The van der Waals surface area contributed by atoms with E-state index in [9.17, 15) is 9.59 Å². The van der Waals surface area contributed by atoms with Gasteiger partial charge in [-0.15, -0.1) is 0 Å². The van der Waals surface area contributed by atoms with Crippen LogP contribution in [-0.4, -0.2) is 42.2 Å². The van der Waals surface area contributed by atoms with Crippen LogP contribution in [0.25, 0.3) is 5.53 Å². The summed E-state index contributed by atoms with van der Waals surface area (Å²) in [5.74, 6) is -2.81. The average molecular weight is 501 g/mol. The van der Waals surface area contributed by atoms with Crippen LogP contribution in [0.15, 0.2) is 23.3 Å². The lowest BCUT2D eigenvalue weighted by atomic mass is 10.2. The number of alkyl halides is 6. The highest BCUT2D eigenvalue weighted by molar-refractivity contribution is 6.69. The molecule has 0 fully saturated rings. The van der Waals surface area contributed by atoms with Gasteiger partial charge in [-0.2, -0.15) is 4.79 Å². The molecule has 2 atom stereocenters. The molecule has 0 rings (SSSR count). The maximum Gasteiger partial charge on any atom is 0.482 e. The number of rotatable bonds is 6. The molecule has 0 amide bonds. The second kappa shape index (κ2) is 10.9. The third-order valence-corrected chi connectivity index (χ3v) is 3.86. The lowest BCUT2D eigenvalue weighted by Gasteiger charge is -2.22. The fraction of sp³-hybridized carbons (Fsp3) is 0.533. The number of nitrogens with zero attached hydrogens (tertiary/aromatic N) is 2. The molecule has 0 aromatic heterocycles. The first-order valence-electron chi connectivity index (χ1n) is 7.17. The maximum atomic E-state index is 12.2. The molecule has 0 saturated heterocycles. The standard InChI is InChI=1S/C15H16Cl6N2O4/c1-7(2)5-9(14(16,17)18)26-12(24)11(23-22)13(25)27-10(6-8(3)4)15(19,20)21/h5-6,9-10H,1-4H3. The zero-order chi connectivity index (χ0) is 21.6. The van der Waals surface area contributed by atoms with Crippen LogP contribution >= 0.6 is 69.6 Å². The van der Waals surface area contributed by atoms with Gasteiger partial charge < -0.3 is 15.0 Å². The minimum absolute atomic E-state index is 0.656. The van der Waals surface area contributed by atoms with Gasteiger partial charge in [0.15, 0.2) is 12.2 Å². The van der Waals surface area contributed by atoms with E-state index in [1.807, 2.05) is 0 Å². The molecule has 2 unspecified atom stereocenters. The first-order chi connectivity index (χ1) is 12.1. The SMILES string of the molecule is CC(C)=CC(OC(=O)C(=[N+]=[N-])C(=O)OC(C=C(C)C)C(Cl)(Cl)Cl)C(Cl)(Cl)Cl. The average Bonchev–Trinajstić information content (AvgIpc) is 2.43. The number of carbonyl (C=O) groups is 2. The molecule has 0 bridgehead atoms. The first-order valence-corrected chi connectivity index (χ1v) is 9.43. The summed E-state index contributed by atoms with van der Waals surface area (Å²) >= 11 is 34.5. The van der Waals surface area contributed by atoms with Crippen molar-refractivity contribution in [1.29, 1.82) is 0 Å². The van der Waals surface area contributed by atoms with Gasteiger partial charge in [0.25, 0.3) is 0 Å². The largest absolute Gasteiger partial charge is 0.482 e. The van der Waals surface area contributed by atoms with Crippen molar-refractivity contribution < 1.29 is 23.9 Å². The molecule has 0 spiro atoms. The summed E-state index contributed by atoms with van der Waals surface area (Å²) in [6.07, 6.45) is -0.0746. The van der Waals surface area contributed by atoms with Crippen LogP contribution in [-0.2, 0) is 19.1 Å². The predicted molar refractivity (Wildman–Crippen MR) is 108 cm³/mol. The van der Waals surface area contributed by atoms with Gasteiger partial charge >= 0.3 is 17.7 Å². The molecule has 0 saturated carbocycles. The topological polar surface area (TPSA) is 89.0 Å². The Balaban J connectivity index is 5.55. The Kier molecular flexibility index (Phi) is 10.7. The number of ether oxygens (including phenoxy) is 2. The fourth-order valence-electron chi connectivity index (χ4n) is 1.50. The molecule has 0 radical (unpaired) electrons. The maximum absolute atomic E-state index is 12.2. The summed E-state index contributed by atoms with van der Waals surface area (Å²) in [6.45, 7) is 6.66. The highest BCUT2D eigenvalue weighted by Gasteiger charge is 2.43. The van der Waals surface area contributed by atoms with Gasteiger partial charge in [0.2, 0.25) is 7.59 Å². The van der Waals surface area contributed by atoms with E-state index in [0.29, 0.717) is 11.1 Å². The normalized spacial score (nSPS) is 13.6. The number of esters is 2. The van der Waals surface area contributed by atoms with Crippen LogP contribution < -0.4 is 0 Å². The molecule has 0 aliphatic heterocycles. The Morgan fingerprint density at radius 3 is 1.30 bits per heavy atom. The van der Waals surface area contributed by atoms with E-state index >= 15 is 0 Å². The summed E-state index contributed by atoms with van der Waals surface area (Å²) < 4.78 is 5.78. The van der Waals surface area contributed by atoms with Gasteiger partial charge in [-0.25, -0.2) is 9.59 Å². The minimum atomic E-state index is -2.04. The summed E-state index contributed by atoms with van der Waals surface area (Å²) in [7, 11) is 0. The van der Waals surface area contributed by atoms with E-state index in [2.05, 4.69) is 4.79 Å². The number of allylic oxidation sites excluding steroid dienone is 2. The summed E-state index contributed by atoms with van der Waals surface area (Å²) in [6, 6.07) is 0. The highest BCUT2D eigenvalue weighted by Crippen LogP contribution is 2.35. The highest BCUT2D eigenvalue weighted by atomic mass is 35.6. The lowest BCUT2D eigenvalue weighted by Crippen LogP contribution is -2.39. The molecule has 6 nitrogen and oxygen atoms in total. The van der Waals surface area contributed by atoms with Gasteiger partial charge in [-0.3, -0.25) is 0 Å². The zero-order valence-corrected chi connectivity index (χ0v) is 19.1. The number of carbonyl (C=O) groups excluding carboxylic acids is 2. The second-order valence-corrected chi connectivity index (χ2v) is 10.4. The first kappa shape index (κ1) is 26.5. The van der Waals surface area contributed by atoms with Crippen molar-refractivity contribution in [3.63, 3.8) is 0 Å². The molecule has 0 heterocycles. The quantitative estimate of drug-likeness (QED) is 0.0958. The van der Waals surface area contributed by atoms with Crippen LogP contribution in [0.5, 0.6) is 0 Å². The Morgan fingerprint density at radius 2 is 1.11 bits per heavy atom. The van der Waals surface area contributed by atoms with Crippen molar-refractivity contribution in [2.45, 2.75) is 47.5 Å². The van der Waals surface area contributed by atoms with Gasteiger partial charge in [-0.1, -0.05) is 80.8 Å². The Hall–Kier alpha value is -0.460. The van der Waals surface area contributed by atoms with E-state index in [1.165, 1.54) is 12.2 Å². The molecule has 0 aromatic carbocycles. The van der Waals surface area contributed by atoms with Crippen molar-refractivity contribution in [1.82, 2.24) is 0 Å². The molecular weight excluding hydrogens is 485 g/mol. The molecule has 152 valence electrons. The van der Waals surface area contributed by atoms with Crippen LogP contribution in [0.1, 0.15) is 27.7 Å². The van der Waals surface area contributed by atoms with Crippen LogP contribution in [0.3, 0.4) is 0 Å². The molecule has 0 aliphatic rings. The predicted octanol–water partition coefficient (Wildman–Crippen LogP) is 5.15.